The van der Waals surface area contributed by atoms with E-state index in [9.17, 15) is 63.5 Å². The van der Waals surface area contributed by atoms with Crippen molar-refractivity contribution in [3.63, 3.8) is 0 Å². The molecular formula is C93H117F3N16O22S. The van der Waals surface area contributed by atoms with E-state index in [4.69, 9.17) is 5.73 Å². The molecule has 0 aliphatic carbocycles. The first-order valence-corrected chi connectivity index (χ1v) is 45.5. The van der Waals surface area contributed by atoms with Crippen LogP contribution in [-0.2, 0) is 114 Å². The van der Waals surface area contributed by atoms with Crippen LogP contribution >= 0.6 is 11.8 Å². The van der Waals surface area contributed by atoms with Gasteiger partial charge in [0.25, 0.3) is 0 Å². The van der Waals surface area contributed by atoms with Crippen molar-refractivity contribution in [2.45, 2.75) is 215 Å². The summed E-state index contributed by atoms with van der Waals surface area (Å²) in [4.78, 5) is 258. The van der Waals surface area contributed by atoms with Crippen molar-refractivity contribution < 1.29 is 120 Å². The number of aromatic nitrogens is 1. The number of aliphatic hydroxyl groups is 2. The number of rotatable bonds is 24. The minimum Gasteiger partial charge on any atom is -0.508 e. The van der Waals surface area contributed by atoms with Gasteiger partial charge in [-0.05, 0) is 89.2 Å². The number of fused-ring (bicyclic) bond motifs is 3. The number of nitrogens with one attached hydrogen (secondary N) is 10. The lowest BCUT2D eigenvalue weighted by Gasteiger charge is -2.38. The molecule has 9 rings (SSSR count). The van der Waals surface area contributed by atoms with Gasteiger partial charge in [0.1, 0.15) is 84.3 Å². The summed E-state index contributed by atoms with van der Waals surface area (Å²) in [5.41, 5.74) is 7.16. The van der Waals surface area contributed by atoms with Gasteiger partial charge in [0.2, 0.25) is 88.6 Å². The maximum atomic E-state index is 15.7. The van der Waals surface area contributed by atoms with Crippen LogP contribution < -0.4 is 53.6 Å². The van der Waals surface area contributed by atoms with E-state index in [0.717, 1.165) is 31.5 Å². The number of unbranched alkanes of at least 4 members (excludes halogenated alkanes) is 1. The molecule has 6 aromatic rings. The number of carbonyl (C=O) groups excluding carboxylic acids is 15. The molecule has 3 fully saturated rings. The number of carbonyl (C=O) groups is 17. The van der Waals surface area contributed by atoms with Crippen LogP contribution in [0.25, 0.3) is 10.9 Å². The zero-order valence-corrected chi connectivity index (χ0v) is 76.7. The molecule has 15 amide bonds. The molecule has 15 atom stereocenters. The molecule has 38 nitrogen and oxygen atoms in total. The number of phenols is 1. The molecule has 3 aliphatic rings. The number of primary amides is 1. The molecule has 1 unspecified atom stereocenters. The number of aliphatic hydroxyl groups excluding tert-OH is 2. The van der Waals surface area contributed by atoms with E-state index >= 15 is 56.7 Å². The Morgan fingerprint density at radius 1 is 0.511 bits per heavy atom. The van der Waals surface area contributed by atoms with Crippen LogP contribution in [0, 0.1) is 29.3 Å². The van der Waals surface area contributed by atoms with Crippen molar-refractivity contribution in [3.05, 3.63) is 173 Å². The standard InChI is InChI=1S/C93H117F3N16O22S/c1-9-10-25-70-92(133)112-46-58(115)41-73(112)88(129)105-67(42-78(120)121)85(126)107-80(50(4)5)93(134)109(7)71(37-51-19-13-11-14-20-51)86(127)101-63(30-31-77(118)119)90(131)111-45-57(114)40-72(111)87(128)104-66(39-55-43-98-62-24-18-17-23-59(55)62)84(125)103-65(35-53-26-28-56(113)29-27-53)83(124)102-64(32-49(2)3)82(123)106-69(81(122)99-44-75(97)116)47-135-48-76(117)100-68(36-54-33-60(94)79(96)61(95)34-54)89(130)110(8)74(91(132)108(70)6)38-52-21-15-12-16-22-52/h11-24,26-29,33-34,43,49-50,57-58,63-74,80,98,113-115H,9-10,25,30-32,35-42,44-48H2,1-8H3,(H2,97,116)(H,99,122)(H,100,117)(H,101,127)(H,102,124)(H,103,125)(H,104,128)(H,105,129)(H,106,123)(H,107,126)(H,118,119)(H,120,121)/t57-,58+,63-,64-,65-,66-,67-,68-,69-,70-,71?,72+,73+,74-,80-/m0/s1. The van der Waals surface area contributed by atoms with E-state index in [2.05, 4.69) is 52.8 Å². The first-order chi connectivity index (χ1) is 64.0. The van der Waals surface area contributed by atoms with Gasteiger partial charge < -0.3 is 109 Å². The van der Waals surface area contributed by atoms with E-state index in [1.165, 1.54) is 52.2 Å². The minimum absolute atomic E-state index is 0.150. The molecule has 4 heterocycles. The zero-order chi connectivity index (χ0) is 98.9. The number of halogens is 3. The molecule has 3 aliphatic heterocycles. The van der Waals surface area contributed by atoms with Crippen molar-refractivity contribution in [3.8, 4) is 5.75 Å². The first kappa shape index (κ1) is 105. The Labute approximate surface area is 780 Å². The Bertz CT molecular complexity index is 5270. The van der Waals surface area contributed by atoms with Crippen LogP contribution in [-0.4, -0.2) is 299 Å². The molecule has 42 heteroatoms. The highest BCUT2D eigenvalue weighted by atomic mass is 32.2. The van der Waals surface area contributed by atoms with Gasteiger partial charge in [-0.15, -0.1) is 11.8 Å². The lowest BCUT2D eigenvalue weighted by molar-refractivity contribution is -0.152. The van der Waals surface area contributed by atoms with Gasteiger partial charge in [-0.1, -0.05) is 138 Å². The number of likely N-dealkylation sites (N-methyl/N-ethyl adjacent to an activating group) is 3. The number of nitrogens with zero attached hydrogens (tertiary/aromatic N) is 5. The van der Waals surface area contributed by atoms with Gasteiger partial charge >= 0.3 is 11.9 Å². The molecular weight excluding hydrogens is 1780 g/mol. The van der Waals surface area contributed by atoms with E-state index in [0.29, 0.717) is 63.5 Å². The highest BCUT2D eigenvalue weighted by Gasteiger charge is 2.48. The second kappa shape index (κ2) is 48.9. The van der Waals surface area contributed by atoms with Crippen LogP contribution in [0.5, 0.6) is 5.75 Å². The van der Waals surface area contributed by atoms with Crippen molar-refractivity contribution in [2.24, 2.45) is 17.6 Å². The number of aromatic amines is 1. The van der Waals surface area contributed by atoms with E-state index < -0.39 is 302 Å². The van der Waals surface area contributed by atoms with E-state index in [1.54, 1.807) is 112 Å². The van der Waals surface area contributed by atoms with Crippen LogP contribution in [0.1, 0.15) is 120 Å². The lowest BCUT2D eigenvalue weighted by atomic mass is 9.98. The second-order valence-corrected chi connectivity index (χ2v) is 35.8. The zero-order valence-electron chi connectivity index (χ0n) is 75.9. The number of aromatic hydroxyl groups is 1. The molecule has 1 aromatic heterocycles. The molecule has 0 saturated carbocycles. The van der Waals surface area contributed by atoms with Gasteiger partial charge in [-0.2, -0.15) is 0 Å². The predicted molar refractivity (Wildman–Crippen MR) is 484 cm³/mol. The molecule has 728 valence electrons. The number of carboxylic acid groups (broad SMARTS) is 2. The normalized spacial score (nSPS) is 24.5. The summed E-state index contributed by atoms with van der Waals surface area (Å²) in [6, 6.07) is 6.77. The maximum absolute atomic E-state index is 15.7. The van der Waals surface area contributed by atoms with Crippen LogP contribution in [0.15, 0.2) is 128 Å². The predicted octanol–water partition coefficient (Wildman–Crippen LogP) is 0.667. The number of hydrogen-bond donors (Lipinski definition) is 16. The quantitative estimate of drug-likeness (QED) is 0.0370. The molecule has 0 bridgehead atoms. The summed E-state index contributed by atoms with van der Waals surface area (Å²) >= 11 is 0.640. The number of aliphatic carboxylic acids is 2. The Hall–Kier alpha value is -13.5. The topological polar surface area (TPSA) is 558 Å². The fraction of sp³-hybridized carbons (Fsp3) is 0.473. The smallest absolute Gasteiger partial charge is 0.305 e. The summed E-state index contributed by atoms with van der Waals surface area (Å²) in [7, 11) is 3.54. The average molecular weight is 1900 g/mol. The number of H-pyrrole nitrogens is 1. The Kier molecular flexibility index (Phi) is 38.1. The van der Waals surface area contributed by atoms with Gasteiger partial charge in [-0.3, -0.25) is 81.5 Å². The van der Waals surface area contributed by atoms with Gasteiger partial charge in [0.05, 0.1) is 30.9 Å². The number of amides is 15. The Balaban J connectivity index is 1.15. The number of benzene rings is 5. The average Bonchev–Trinajstić information content (AvgIpc) is 1.68. The van der Waals surface area contributed by atoms with Crippen LogP contribution in [0.3, 0.4) is 0 Å². The summed E-state index contributed by atoms with van der Waals surface area (Å²) in [6.45, 7) is 6.06. The number of para-hydroxylation sites is 1. The van der Waals surface area contributed by atoms with Crippen LogP contribution in [0.2, 0.25) is 0 Å². The fourth-order valence-corrected chi connectivity index (χ4v) is 17.3. The first-order valence-electron chi connectivity index (χ1n) is 44.3. The Morgan fingerprint density at radius 3 is 1.59 bits per heavy atom. The largest absolute Gasteiger partial charge is 0.508 e. The van der Waals surface area contributed by atoms with Crippen molar-refractivity contribution in [1.29, 1.82) is 0 Å². The van der Waals surface area contributed by atoms with E-state index in [-0.39, 0.29) is 44.3 Å². The highest BCUT2D eigenvalue weighted by Crippen LogP contribution is 2.29. The van der Waals surface area contributed by atoms with Crippen molar-refractivity contribution >= 4 is 123 Å². The molecule has 17 N–H and O–H groups in total. The SMILES string of the molecule is CCCC[C@H]1C(=O)N2C[C@H](O)C[C@@H]2C(=O)N[C@@H](CC(=O)O)C(=O)N[C@@H](C(C)C)C(=O)N(C)C(Cc2ccccc2)C(=O)N[C@@H](CCC(=O)O)C(=O)N2C[C@@H](O)C[C@@H]2C(=O)N[C@@H](Cc2c[nH]c3ccccc23)C(=O)N[C@@H](Cc2ccc(O)cc2)C(=O)N[C@@H](CC(C)C)C(=O)N[C@H](C(=O)NCC(N)=O)CSCC(=O)N[C@@H](Cc2cc(F)c(F)c(F)c2)C(=O)N(C)[C@@H](Cc2ccccc2)C(=O)N1C. The number of carboxylic acids is 2. The number of nitrogens with two attached hydrogens (primary N) is 1. The van der Waals surface area contributed by atoms with Crippen LogP contribution in [0.4, 0.5) is 13.2 Å². The molecule has 3 saturated heterocycles. The third kappa shape index (κ3) is 29.2. The van der Waals surface area contributed by atoms with Gasteiger partial charge in [-0.25, -0.2) is 13.2 Å². The molecule has 0 spiro atoms. The monoisotopic (exact) mass is 1900 g/mol. The molecule has 135 heavy (non-hydrogen) atoms. The molecule has 5 aromatic carbocycles. The van der Waals surface area contributed by atoms with Gasteiger partial charge in [0, 0.05) is 108 Å². The third-order valence-electron chi connectivity index (χ3n) is 23.7. The number of hydrogen-bond acceptors (Lipinski definition) is 21. The van der Waals surface area contributed by atoms with Crippen molar-refractivity contribution in [1.82, 2.24) is 77.3 Å². The summed E-state index contributed by atoms with van der Waals surface area (Å²) in [6.07, 6.45) is -7.15. The minimum atomic E-state index is -2.08. The summed E-state index contributed by atoms with van der Waals surface area (Å²) in [5, 5.41) is 77.3. The third-order valence-corrected chi connectivity index (χ3v) is 24.7. The number of thioether (sulfide) groups is 1. The van der Waals surface area contributed by atoms with Gasteiger partial charge in [0.15, 0.2) is 17.5 Å². The second-order valence-electron chi connectivity index (χ2n) is 34.8. The summed E-state index contributed by atoms with van der Waals surface area (Å²) < 4.78 is 45.1. The maximum Gasteiger partial charge on any atom is 0.305 e. The Morgan fingerprint density at radius 2 is 1.01 bits per heavy atom. The fourth-order valence-electron chi connectivity index (χ4n) is 16.5. The lowest BCUT2D eigenvalue weighted by Crippen LogP contribution is -2.62. The van der Waals surface area contributed by atoms with E-state index in [1.807, 2.05) is 0 Å². The number of phenolic OH excluding ortho intramolecular Hbond substituents is 1. The summed E-state index contributed by atoms with van der Waals surface area (Å²) in [5.74, 6) is -27.5. The molecule has 0 radical (unpaired) electrons. The van der Waals surface area contributed by atoms with Crippen molar-refractivity contribution in [2.75, 3.05) is 52.3 Å². The highest BCUT2D eigenvalue weighted by molar-refractivity contribution is 8.00.